The average molecular weight is 508 g/mol. The molecule has 0 saturated heterocycles. The first-order valence-electron chi connectivity index (χ1n) is 9.89. The Morgan fingerprint density at radius 2 is 2.00 bits per heavy atom. The molecule has 2 aliphatic rings. The summed E-state index contributed by atoms with van der Waals surface area (Å²) in [5.41, 5.74) is 4.05. The van der Waals surface area contributed by atoms with E-state index in [-0.39, 0.29) is 30.1 Å². The fraction of sp³-hybridized carbons (Fsp3) is 0.409. The van der Waals surface area contributed by atoms with E-state index in [1.165, 1.54) is 23.2 Å². The fourth-order valence-electron chi connectivity index (χ4n) is 3.73. The lowest BCUT2D eigenvalue weighted by Gasteiger charge is -2.28. The van der Waals surface area contributed by atoms with Crippen molar-refractivity contribution in [3.8, 4) is 11.5 Å². The summed E-state index contributed by atoms with van der Waals surface area (Å²) in [7, 11) is 3.95. The highest BCUT2D eigenvalue weighted by atomic mass is 127. The third-order valence-electron chi connectivity index (χ3n) is 5.24. The molecule has 2 aliphatic heterocycles. The molecule has 0 bridgehead atoms. The maximum Gasteiger partial charge on any atom is 0.191 e. The van der Waals surface area contributed by atoms with Gasteiger partial charge in [-0.3, -0.25) is 4.99 Å². The van der Waals surface area contributed by atoms with Crippen molar-refractivity contribution in [3.05, 3.63) is 53.6 Å². The highest BCUT2D eigenvalue weighted by Crippen LogP contribution is 2.30. The normalized spacial score (nSPS) is 17.8. The van der Waals surface area contributed by atoms with Gasteiger partial charge in [0, 0.05) is 32.9 Å². The molecule has 0 spiro atoms. The van der Waals surface area contributed by atoms with Gasteiger partial charge in [-0.1, -0.05) is 24.3 Å². The van der Waals surface area contributed by atoms with E-state index in [0.717, 1.165) is 37.0 Å². The number of para-hydroxylation sites is 2. The molecule has 6 nitrogen and oxygen atoms in total. The van der Waals surface area contributed by atoms with Crippen LogP contribution in [0, 0.1) is 0 Å². The number of benzene rings is 2. The summed E-state index contributed by atoms with van der Waals surface area (Å²) in [5.74, 6) is 2.36. The number of nitrogens with one attached hydrogen (secondary N) is 2. The van der Waals surface area contributed by atoms with E-state index >= 15 is 0 Å². The molecular weight excluding hydrogens is 479 g/mol. The summed E-state index contributed by atoms with van der Waals surface area (Å²) in [6.45, 7) is 3.03. The summed E-state index contributed by atoms with van der Waals surface area (Å²) in [6.07, 6.45) is 2.32. The molecule has 2 heterocycles. The Bertz CT molecular complexity index is 858. The van der Waals surface area contributed by atoms with Gasteiger partial charge >= 0.3 is 0 Å². The summed E-state index contributed by atoms with van der Waals surface area (Å²) in [5, 5.41) is 6.73. The number of aliphatic imine (C=N–C) groups is 1. The molecular formula is C22H29IN4O2. The zero-order valence-electron chi connectivity index (χ0n) is 17.0. The van der Waals surface area contributed by atoms with Crippen LogP contribution in [-0.2, 0) is 13.0 Å². The van der Waals surface area contributed by atoms with E-state index in [1.54, 1.807) is 7.05 Å². The minimum atomic E-state index is -0.0484. The first kappa shape index (κ1) is 21.5. The van der Waals surface area contributed by atoms with Crippen LogP contribution >= 0.6 is 24.0 Å². The number of hydrogen-bond donors (Lipinski definition) is 2. The number of nitrogens with zero attached hydrogens (tertiary/aromatic N) is 2. The Balaban J connectivity index is 0.00000240. The van der Waals surface area contributed by atoms with Crippen molar-refractivity contribution < 1.29 is 9.47 Å². The van der Waals surface area contributed by atoms with E-state index in [9.17, 15) is 0 Å². The van der Waals surface area contributed by atoms with Crippen molar-refractivity contribution in [2.75, 3.05) is 38.7 Å². The van der Waals surface area contributed by atoms with Gasteiger partial charge in [-0.2, -0.15) is 0 Å². The van der Waals surface area contributed by atoms with Crippen molar-refractivity contribution in [2.24, 2.45) is 4.99 Å². The smallest absolute Gasteiger partial charge is 0.191 e. The first-order chi connectivity index (χ1) is 13.7. The van der Waals surface area contributed by atoms with Crippen molar-refractivity contribution >= 4 is 35.6 Å². The maximum absolute atomic E-state index is 5.99. The van der Waals surface area contributed by atoms with E-state index in [0.29, 0.717) is 13.2 Å². The molecule has 1 atom stereocenters. The molecule has 7 heteroatoms. The molecule has 2 N–H and O–H groups in total. The lowest BCUT2D eigenvalue weighted by atomic mass is 9.99. The molecule has 2 aromatic rings. The third-order valence-corrected chi connectivity index (χ3v) is 5.24. The van der Waals surface area contributed by atoms with Gasteiger partial charge in [0.05, 0.1) is 6.54 Å². The zero-order valence-corrected chi connectivity index (χ0v) is 19.3. The van der Waals surface area contributed by atoms with Gasteiger partial charge < -0.3 is 25.0 Å². The number of halogens is 1. The van der Waals surface area contributed by atoms with Gasteiger partial charge in [0.1, 0.15) is 12.7 Å². The van der Waals surface area contributed by atoms with Gasteiger partial charge in [0.15, 0.2) is 17.5 Å². The van der Waals surface area contributed by atoms with E-state index in [2.05, 4.69) is 45.8 Å². The van der Waals surface area contributed by atoms with Gasteiger partial charge in [0.2, 0.25) is 0 Å². The Kier molecular flexibility index (Phi) is 7.46. The Morgan fingerprint density at radius 3 is 2.83 bits per heavy atom. The third kappa shape index (κ3) is 5.26. The van der Waals surface area contributed by atoms with Crippen LogP contribution in [0.1, 0.15) is 17.5 Å². The number of rotatable bonds is 4. The van der Waals surface area contributed by atoms with E-state index in [1.807, 2.05) is 24.3 Å². The maximum atomic E-state index is 5.99. The summed E-state index contributed by atoms with van der Waals surface area (Å²) in [6, 6.07) is 14.5. The van der Waals surface area contributed by atoms with Crippen molar-refractivity contribution in [1.29, 1.82) is 0 Å². The fourth-order valence-corrected chi connectivity index (χ4v) is 3.73. The van der Waals surface area contributed by atoms with Gasteiger partial charge in [-0.05, 0) is 42.2 Å². The molecule has 0 amide bonds. The highest BCUT2D eigenvalue weighted by Gasteiger charge is 2.20. The van der Waals surface area contributed by atoms with Crippen LogP contribution in [0.5, 0.6) is 11.5 Å². The largest absolute Gasteiger partial charge is 0.486 e. The molecule has 0 radical (unpaired) electrons. The van der Waals surface area contributed by atoms with Crippen LogP contribution in [0.25, 0.3) is 0 Å². The molecule has 1 unspecified atom stereocenters. The van der Waals surface area contributed by atoms with Crippen molar-refractivity contribution in [1.82, 2.24) is 10.6 Å². The van der Waals surface area contributed by atoms with Crippen LogP contribution in [0.2, 0.25) is 0 Å². The van der Waals surface area contributed by atoms with E-state index < -0.39 is 0 Å². The topological polar surface area (TPSA) is 58.1 Å². The number of hydrogen-bond acceptors (Lipinski definition) is 4. The van der Waals surface area contributed by atoms with Crippen molar-refractivity contribution in [3.63, 3.8) is 0 Å². The van der Waals surface area contributed by atoms with E-state index in [4.69, 9.17) is 9.47 Å². The van der Waals surface area contributed by atoms with Crippen LogP contribution in [-0.4, -0.2) is 45.9 Å². The second-order valence-electron chi connectivity index (χ2n) is 7.29. The monoisotopic (exact) mass is 508 g/mol. The molecule has 0 aromatic heterocycles. The van der Waals surface area contributed by atoms with Crippen LogP contribution in [0.4, 0.5) is 5.69 Å². The number of ether oxygens (including phenoxy) is 2. The Hall–Kier alpha value is -2.16. The SMILES string of the molecule is CN=C(NCc1ccc2c(c1)CCCN2C)NCC1COc2ccccc2O1.I. The van der Waals surface area contributed by atoms with Gasteiger partial charge in [0.25, 0.3) is 0 Å². The standard InChI is InChI=1S/C22H28N4O2.HI/c1-23-22(25-14-18-15-27-20-7-3-4-8-21(20)28-18)24-13-16-9-10-19-17(12-16)6-5-11-26(19)2;/h3-4,7-10,12,18H,5-6,11,13-15H2,1-2H3,(H2,23,24,25);1H. The van der Waals surface area contributed by atoms with Crippen LogP contribution in [0.3, 0.4) is 0 Å². The van der Waals surface area contributed by atoms with Crippen LogP contribution < -0.4 is 25.0 Å². The molecule has 0 fully saturated rings. The Morgan fingerprint density at radius 1 is 1.17 bits per heavy atom. The average Bonchev–Trinajstić information content (AvgIpc) is 2.74. The Labute approximate surface area is 189 Å². The van der Waals surface area contributed by atoms with Crippen LogP contribution in [0.15, 0.2) is 47.5 Å². The van der Waals surface area contributed by atoms with Gasteiger partial charge in [-0.15, -0.1) is 24.0 Å². The minimum absolute atomic E-state index is 0. The molecule has 156 valence electrons. The predicted molar refractivity (Wildman–Crippen MR) is 128 cm³/mol. The lowest BCUT2D eigenvalue weighted by Crippen LogP contribution is -2.45. The highest BCUT2D eigenvalue weighted by molar-refractivity contribution is 14.0. The second kappa shape index (κ2) is 10.0. The molecule has 2 aromatic carbocycles. The van der Waals surface area contributed by atoms with Gasteiger partial charge in [-0.25, -0.2) is 0 Å². The minimum Gasteiger partial charge on any atom is -0.486 e. The summed E-state index contributed by atoms with van der Waals surface area (Å²) in [4.78, 5) is 6.66. The molecule has 29 heavy (non-hydrogen) atoms. The quantitative estimate of drug-likeness (QED) is 0.378. The lowest BCUT2D eigenvalue weighted by molar-refractivity contribution is 0.0936. The van der Waals surface area contributed by atoms with Crippen molar-refractivity contribution in [2.45, 2.75) is 25.5 Å². The summed E-state index contributed by atoms with van der Waals surface area (Å²) < 4.78 is 11.8. The number of guanidine groups is 1. The second-order valence-corrected chi connectivity index (χ2v) is 7.29. The molecule has 0 aliphatic carbocycles. The molecule has 4 rings (SSSR count). The number of fused-ring (bicyclic) bond motifs is 2. The summed E-state index contributed by atoms with van der Waals surface area (Å²) >= 11 is 0. The zero-order chi connectivity index (χ0) is 19.3. The number of aryl methyl sites for hydroxylation is 1. The predicted octanol–water partition coefficient (Wildman–Crippen LogP) is 3.19. The molecule has 0 saturated carbocycles. The first-order valence-corrected chi connectivity index (χ1v) is 9.89. The number of anilines is 1.